The molecule has 0 amide bonds. The van der Waals surface area contributed by atoms with E-state index in [0.29, 0.717) is 0 Å². The van der Waals surface area contributed by atoms with Gasteiger partial charge in [0.2, 0.25) is 0 Å². The largest absolute Gasteiger partial charge is 0.298 e. The normalized spacial score (nSPS) is 10.7. The van der Waals surface area contributed by atoms with E-state index in [4.69, 9.17) is 0 Å². The summed E-state index contributed by atoms with van der Waals surface area (Å²) < 4.78 is 0. The molecule has 0 aliphatic rings. The SMILES string of the molecule is Cc1ccc(C=O)cc1C=CCCS. The van der Waals surface area contributed by atoms with Crippen LogP contribution in [0.3, 0.4) is 0 Å². The number of aryl methyl sites for hydroxylation is 1. The molecule has 0 saturated carbocycles. The molecule has 0 bridgehead atoms. The molecule has 0 unspecified atom stereocenters. The Hall–Kier alpha value is -1.02. The van der Waals surface area contributed by atoms with Gasteiger partial charge in [-0.3, -0.25) is 4.79 Å². The summed E-state index contributed by atoms with van der Waals surface area (Å²) >= 11 is 4.12. The van der Waals surface area contributed by atoms with Crippen LogP contribution in [-0.4, -0.2) is 12.0 Å². The predicted molar refractivity (Wildman–Crippen MR) is 64.1 cm³/mol. The molecule has 1 nitrogen and oxygen atoms in total. The second kappa shape index (κ2) is 5.66. The van der Waals surface area contributed by atoms with Crippen molar-refractivity contribution in [2.45, 2.75) is 13.3 Å². The summed E-state index contributed by atoms with van der Waals surface area (Å²) in [5, 5.41) is 0. The van der Waals surface area contributed by atoms with Crippen LogP contribution in [0.25, 0.3) is 6.08 Å². The van der Waals surface area contributed by atoms with Crippen LogP contribution in [0.1, 0.15) is 27.9 Å². The number of carbonyl (C=O) groups is 1. The Morgan fingerprint density at radius 2 is 2.21 bits per heavy atom. The Bertz CT molecular complexity index is 342. The second-order valence-electron chi connectivity index (χ2n) is 3.15. The van der Waals surface area contributed by atoms with Crippen LogP contribution in [0.2, 0.25) is 0 Å². The van der Waals surface area contributed by atoms with Crippen molar-refractivity contribution >= 4 is 25.0 Å². The van der Waals surface area contributed by atoms with Crippen molar-refractivity contribution < 1.29 is 4.79 Å². The van der Waals surface area contributed by atoms with Crippen LogP contribution < -0.4 is 0 Å². The second-order valence-corrected chi connectivity index (χ2v) is 3.60. The van der Waals surface area contributed by atoms with E-state index < -0.39 is 0 Å². The average Bonchev–Trinajstić information content (AvgIpc) is 2.21. The minimum atomic E-state index is 0.723. The third-order valence-electron chi connectivity index (χ3n) is 2.03. The molecule has 0 fully saturated rings. The van der Waals surface area contributed by atoms with Crippen LogP contribution in [0, 0.1) is 6.92 Å². The first-order chi connectivity index (χ1) is 6.77. The molecule has 0 aliphatic heterocycles. The summed E-state index contributed by atoms with van der Waals surface area (Å²) in [5.74, 6) is 0.850. The van der Waals surface area contributed by atoms with Crippen LogP contribution in [-0.2, 0) is 0 Å². The van der Waals surface area contributed by atoms with E-state index in [2.05, 4.69) is 18.7 Å². The van der Waals surface area contributed by atoms with E-state index in [9.17, 15) is 4.79 Å². The van der Waals surface area contributed by atoms with Crippen LogP contribution >= 0.6 is 12.6 Å². The number of hydrogen-bond donors (Lipinski definition) is 1. The minimum absolute atomic E-state index is 0.723. The molecule has 0 saturated heterocycles. The molecule has 14 heavy (non-hydrogen) atoms. The smallest absolute Gasteiger partial charge is 0.150 e. The molecule has 74 valence electrons. The maximum Gasteiger partial charge on any atom is 0.150 e. The van der Waals surface area contributed by atoms with Gasteiger partial charge in [-0.15, -0.1) is 0 Å². The monoisotopic (exact) mass is 206 g/mol. The summed E-state index contributed by atoms with van der Waals surface area (Å²) in [6.07, 6.45) is 5.94. The summed E-state index contributed by atoms with van der Waals surface area (Å²) in [5.41, 5.74) is 3.02. The van der Waals surface area contributed by atoms with Crippen molar-refractivity contribution in [2.75, 3.05) is 5.75 Å². The van der Waals surface area contributed by atoms with Gasteiger partial charge in [-0.2, -0.15) is 12.6 Å². The van der Waals surface area contributed by atoms with Gasteiger partial charge in [0, 0.05) is 5.56 Å². The molecule has 0 atom stereocenters. The van der Waals surface area contributed by atoms with Crippen molar-refractivity contribution in [1.82, 2.24) is 0 Å². The summed E-state index contributed by atoms with van der Waals surface area (Å²) in [4.78, 5) is 10.6. The number of thiol groups is 1. The molecule has 0 radical (unpaired) electrons. The van der Waals surface area contributed by atoms with Gasteiger partial charge in [0.15, 0.2) is 0 Å². The molecule has 0 aromatic heterocycles. The Morgan fingerprint density at radius 1 is 1.43 bits per heavy atom. The minimum Gasteiger partial charge on any atom is -0.298 e. The van der Waals surface area contributed by atoms with Crippen molar-refractivity contribution in [3.63, 3.8) is 0 Å². The van der Waals surface area contributed by atoms with Gasteiger partial charge >= 0.3 is 0 Å². The molecule has 0 spiro atoms. The van der Waals surface area contributed by atoms with Gasteiger partial charge < -0.3 is 0 Å². The maximum absolute atomic E-state index is 10.6. The third-order valence-corrected chi connectivity index (χ3v) is 2.29. The first kappa shape index (κ1) is 11.1. The maximum atomic E-state index is 10.6. The molecule has 1 aromatic carbocycles. The fourth-order valence-electron chi connectivity index (χ4n) is 1.20. The van der Waals surface area contributed by atoms with Crippen molar-refractivity contribution in [3.05, 3.63) is 41.0 Å². The van der Waals surface area contributed by atoms with Crippen molar-refractivity contribution in [1.29, 1.82) is 0 Å². The lowest BCUT2D eigenvalue weighted by molar-refractivity contribution is 0.112. The standard InChI is InChI=1S/C12H14OS/c1-10-5-6-11(9-13)8-12(10)4-2-3-7-14/h2,4-6,8-9,14H,3,7H2,1H3. The molecular formula is C12H14OS. The lowest BCUT2D eigenvalue weighted by Crippen LogP contribution is -1.85. The Balaban J connectivity index is 2.89. The average molecular weight is 206 g/mol. The van der Waals surface area contributed by atoms with E-state index in [0.717, 1.165) is 29.6 Å². The number of aldehydes is 1. The lowest BCUT2D eigenvalue weighted by Gasteiger charge is -2.00. The Kier molecular flexibility index (Phi) is 4.47. The first-order valence-electron chi connectivity index (χ1n) is 4.61. The summed E-state index contributed by atoms with van der Waals surface area (Å²) in [7, 11) is 0. The fraction of sp³-hybridized carbons (Fsp3) is 0.250. The number of rotatable bonds is 4. The van der Waals surface area contributed by atoms with E-state index in [1.165, 1.54) is 5.56 Å². The van der Waals surface area contributed by atoms with Crippen LogP contribution in [0.15, 0.2) is 24.3 Å². The first-order valence-corrected chi connectivity index (χ1v) is 5.24. The molecule has 2 heteroatoms. The topological polar surface area (TPSA) is 17.1 Å². The molecule has 1 aromatic rings. The van der Waals surface area contributed by atoms with Gasteiger partial charge in [-0.05, 0) is 36.3 Å². The highest BCUT2D eigenvalue weighted by molar-refractivity contribution is 7.80. The van der Waals surface area contributed by atoms with Crippen LogP contribution in [0.5, 0.6) is 0 Å². The number of carbonyl (C=O) groups excluding carboxylic acids is 1. The fourth-order valence-corrected chi connectivity index (χ4v) is 1.35. The quantitative estimate of drug-likeness (QED) is 0.591. The zero-order chi connectivity index (χ0) is 10.4. The summed E-state index contributed by atoms with van der Waals surface area (Å²) in [6.45, 7) is 2.04. The molecule has 1 rings (SSSR count). The zero-order valence-corrected chi connectivity index (χ0v) is 9.13. The third kappa shape index (κ3) is 3.04. The van der Waals surface area contributed by atoms with E-state index >= 15 is 0 Å². The van der Waals surface area contributed by atoms with E-state index in [1.807, 2.05) is 31.2 Å². The molecular weight excluding hydrogens is 192 g/mol. The Morgan fingerprint density at radius 3 is 2.86 bits per heavy atom. The highest BCUT2D eigenvalue weighted by atomic mass is 32.1. The van der Waals surface area contributed by atoms with E-state index in [1.54, 1.807) is 0 Å². The Labute approximate surface area is 90.2 Å². The highest BCUT2D eigenvalue weighted by Crippen LogP contribution is 2.12. The van der Waals surface area contributed by atoms with Gasteiger partial charge in [0.25, 0.3) is 0 Å². The van der Waals surface area contributed by atoms with Gasteiger partial charge in [0.1, 0.15) is 6.29 Å². The van der Waals surface area contributed by atoms with Gasteiger partial charge in [-0.1, -0.05) is 24.3 Å². The number of benzene rings is 1. The van der Waals surface area contributed by atoms with E-state index in [-0.39, 0.29) is 0 Å². The summed E-state index contributed by atoms with van der Waals surface area (Å²) in [6, 6.07) is 5.69. The predicted octanol–water partition coefficient (Wildman–Crippen LogP) is 3.14. The molecule has 0 aliphatic carbocycles. The van der Waals surface area contributed by atoms with Crippen molar-refractivity contribution in [3.8, 4) is 0 Å². The zero-order valence-electron chi connectivity index (χ0n) is 8.23. The molecule has 0 N–H and O–H groups in total. The number of allylic oxidation sites excluding steroid dienone is 1. The van der Waals surface area contributed by atoms with Gasteiger partial charge in [0.05, 0.1) is 0 Å². The number of hydrogen-bond acceptors (Lipinski definition) is 2. The van der Waals surface area contributed by atoms with Crippen LogP contribution in [0.4, 0.5) is 0 Å². The highest BCUT2D eigenvalue weighted by Gasteiger charge is 1.95. The van der Waals surface area contributed by atoms with Gasteiger partial charge in [-0.25, -0.2) is 0 Å². The van der Waals surface area contributed by atoms with Crippen molar-refractivity contribution in [2.24, 2.45) is 0 Å². The molecule has 0 heterocycles. The lowest BCUT2D eigenvalue weighted by atomic mass is 10.1.